The van der Waals surface area contributed by atoms with Crippen LogP contribution >= 0.6 is 23.8 Å². The van der Waals surface area contributed by atoms with Crippen molar-refractivity contribution < 1.29 is 14.3 Å². The number of carbonyl (C=O) groups excluding carboxylic acids is 2. The van der Waals surface area contributed by atoms with Crippen molar-refractivity contribution in [1.82, 2.24) is 5.32 Å². The van der Waals surface area contributed by atoms with Gasteiger partial charge in [0.25, 0.3) is 11.8 Å². The van der Waals surface area contributed by atoms with Crippen LogP contribution in [-0.4, -0.2) is 24.0 Å². The lowest BCUT2D eigenvalue weighted by atomic mass is 10.0. The molecule has 0 bridgehead atoms. The van der Waals surface area contributed by atoms with Crippen LogP contribution in [0.5, 0.6) is 5.75 Å². The Morgan fingerprint density at radius 3 is 2.56 bits per heavy atom. The monoisotopic (exact) mass is 400 g/mol. The summed E-state index contributed by atoms with van der Waals surface area (Å²) in [5.41, 5.74) is 3.08. The van der Waals surface area contributed by atoms with E-state index < -0.39 is 11.8 Å². The van der Waals surface area contributed by atoms with Crippen LogP contribution in [-0.2, 0) is 9.59 Å². The standard InChI is InChI=1S/C20H17ClN2O3S/c1-11-4-5-12(2)16(8-11)23-19(25)14(18(24)22-20(23)27)9-13-6-7-17(26-3)15(21)10-13/h4-10H,1-3H3,(H,22,24,27)/b14-9+. The molecule has 0 saturated carbocycles. The van der Waals surface area contributed by atoms with Crippen molar-refractivity contribution in [2.24, 2.45) is 0 Å². The van der Waals surface area contributed by atoms with Crippen molar-refractivity contribution in [2.45, 2.75) is 13.8 Å². The van der Waals surface area contributed by atoms with Gasteiger partial charge in [-0.25, -0.2) is 0 Å². The van der Waals surface area contributed by atoms with Crippen molar-refractivity contribution in [3.8, 4) is 5.75 Å². The van der Waals surface area contributed by atoms with E-state index >= 15 is 0 Å². The van der Waals surface area contributed by atoms with Gasteiger partial charge in [0.15, 0.2) is 5.11 Å². The van der Waals surface area contributed by atoms with Crippen molar-refractivity contribution in [2.75, 3.05) is 12.0 Å². The molecule has 3 rings (SSSR count). The van der Waals surface area contributed by atoms with Crippen molar-refractivity contribution in [3.05, 3.63) is 63.7 Å². The maximum atomic E-state index is 13.1. The lowest BCUT2D eigenvalue weighted by molar-refractivity contribution is -0.122. The van der Waals surface area contributed by atoms with Crippen molar-refractivity contribution in [3.63, 3.8) is 0 Å². The molecule has 138 valence electrons. The fraction of sp³-hybridized carbons (Fsp3) is 0.150. The fourth-order valence-electron chi connectivity index (χ4n) is 2.78. The minimum atomic E-state index is -0.543. The van der Waals surface area contributed by atoms with Gasteiger partial charge in [-0.3, -0.25) is 19.8 Å². The third-order valence-corrected chi connectivity index (χ3v) is 4.77. The van der Waals surface area contributed by atoms with E-state index in [1.807, 2.05) is 32.0 Å². The van der Waals surface area contributed by atoms with Crippen LogP contribution in [0.25, 0.3) is 6.08 Å². The molecule has 1 aliphatic rings. The number of nitrogens with one attached hydrogen (secondary N) is 1. The van der Waals surface area contributed by atoms with Crippen LogP contribution < -0.4 is 15.0 Å². The van der Waals surface area contributed by atoms with Gasteiger partial charge in [-0.2, -0.15) is 0 Å². The van der Waals surface area contributed by atoms with Crippen LogP contribution in [0.4, 0.5) is 5.69 Å². The molecular formula is C20H17ClN2O3S. The lowest BCUT2D eigenvalue weighted by Crippen LogP contribution is -2.54. The molecule has 0 radical (unpaired) electrons. The minimum Gasteiger partial charge on any atom is -0.495 e. The average molecular weight is 401 g/mol. The van der Waals surface area contributed by atoms with E-state index in [4.69, 9.17) is 28.6 Å². The molecule has 1 aliphatic heterocycles. The molecule has 2 amide bonds. The van der Waals surface area contributed by atoms with E-state index in [1.165, 1.54) is 18.1 Å². The fourth-order valence-corrected chi connectivity index (χ4v) is 3.32. The van der Waals surface area contributed by atoms with E-state index in [2.05, 4.69) is 5.32 Å². The van der Waals surface area contributed by atoms with E-state index in [0.717, 1.165) is 11.1 Å². The number of rotatable bonds is 3. The molecule has 1 saturated heterocycles. The molecule has 0 aliphatic carbocycles. The summed E-state index contributed by atoms with van der Waals surface area (Å²) in [4.78, 5) is 26.8. The molecule has 0 atom stereocenters. The van der Waals surface area contributed by atoms with Gasteiger partial charge in [-0.05, 0) is 67.0 Å². The van der Waals surface area contributed by atoms with E-state index in [1.54, 1.807) is 18.2 Å². The van der Waals surface area contributed by atoms with Gasteiger partial charge >= 0.3 is 0 Å². The molecule has 7 heteroatoms. The van der Waals surface area contributed by atoms with Gasteiger partial charge in [-0.1, -0.05) is 29.8 Å². The molecule has 0 aromatic heterocycles. The summed E-state index contributed by atoms with van der Waals surface area (Å²) in [6.45, 7) is 3.81. The number of hydrogen-bond acceptors (Lipinski definition) is 4. The van der Waals surface area contributed by atoms with Gasteiger partial charge in [0.1, 0.15) is 11.3 Å². The van der Waals surface area contributed by atoms with Gasteiger partial charge < -0.3 is 4.74 Å². The molecule has 1 fully saturated rings. The number of benzene rings is 2. The molecule has 0 unspecified atom stereocenters. The largest absolute Gasteiger partial charge is 0.495 e. The Morgan fingerprint density at radius 1 is 1.15 bits per heavy atom. The third-order valence-electron chi connectivity index (χ3n) is 4.19. The summed E-state index contributed by atoms with van der Waals surface area (Å²) in [6.07, 6.45) is 1.49. The normalized spacial score (nSPS) is 15.9. The second-order valence-electron chi connectivity index (χ2n) is 6.14. The Morgan fingerprint density at radius 2 is 1.89 bits per heavy atom. The maximum absolute atomic E-state index is 13.1. The molecule has 5 nitrogen and oxygen atoms in total. The summed E-state index contributed by atoms with van der Waals surface area (Å²) < 4.78 is 5.12. The van der Waals surface area contributed by atoms with E-state index in [0.29, 0.717) is 22.0 Å². The van der Waals surface area contributed by atoms with E-state index in [9.17, 15) is 9.59 Å². The maximum Gasteiger partial charge on any atom is 0.270 e. The number of amides is 2. The number of carbonyl (C=O) groups is 2. The number of aryl methyl sites for hydroxylation is 2. The Hall–Kier alpha value is -2.70. The highest BCUT2D eigenvalue weighted by Gasteiger charge is 2.35. The molecule has 2 aromatic carbocycles. The minimum absolute atomic E-state index is 0.0225. The average Bonchev–Trinajstić information content (AvgIpc) is 2.61. The zero-order valence-corrected chi connectivity index (χ0v) is 16.6. The first kappa shape index (κ1) is 19.1. The number of anilines is 1. The molecule has 2 aromatic rings. The van der Waals surface area contributed by atoms with Gasteiger partial charge in [-0.15, -0.1) is 0 Å². The summed E-state index contributed by atoms with van der Waals surface area (Å²) in [7, 11) is 1.51. The zero-order valence-electron chi connectivity index (χ0n) is 15.0. The molecule has 1 heterocycles. The summed E-state index contributed by atoms with van der Waals surface area (Å²) in [6, 6.07) is 10.7. The smallest absolute Gasteiger partial charge is 0.270 e. The highest BCUT2D eigenvalue weighted by Crippen LogP contribution is 2.28. The number of ether oxygens (including phenoxy) is 1. The lowest BCUT2D eigenvalue weighted by Gasteiger charge is -2.30. The van der Waals surface area contributed by atoms with Crippen LogP contribution in [0.2, 0.25) is 5.02 Å². The Bertz CT molecular complexity index is 1000. The number of methoxy groups -OCH3 is 1. The van der Waals surface area contributed by atoms with Gasteiger partial charge in [0.05, 0.1) is 17.8 Å². The number of nitrogens with zero attached hydrogens (tertiary/aromatic N) is 1. The molecular weight excluding hydrogens is 384 g/mol. The number of thiocarbonyl (C=S) groups is 1. The van der Waals surface area contributed by atoms with Crippen LogP contribution in [0.15, 0.2) is 42.0 Å². The quantitative estimate of drug-likeness (QED) is 0.483. The Kier molecular flexibility index (Phi) is 5.30. The second-order valence-corrected chi connectivity index (χ2v) is 6.94. The number of hydrogen-bond donors (Lipinski definition) is 1. The predicted octanol–water partition coefficient (Wildman–Crippen LogP) is 3.80. The first-order valence-corrected chi connectivity index (χ1v) is 8.92. The SMILES string of the molecule is COc1ccc(/C=C2\C(=O)NC(=S)N(c3cc(C)ccc3C)C2=O)cc1Cl. The van der Waals surface area contributed by atoms with Gasteiger partial charge in [0.2, 0.25) is 0 Å². The predicted molar refractivity (Wildman–Crippen MR) is 110 cm³/mol. The van der Waals surface area contributed by atoms with E-state index in [-0.39, 0.29) is 10.7 Å². The highest BCUT2D eigenvalue weighted by atomic mass is 35.5. The first-order valence-electron chi connectivity index (χ1n) is 8.14. The summed E-state index contributed by atoms with van der Waals surface area (Å²) in [5.74, 6) is -0.515. The zero-order chi connectivity index (χ0) is 19.7. The van der Waals surface area contributed by atoms with Crippen LogP contribution in [0.3, 0.4) is 0 Å². The Balaban J connectivity index is 2.05. The third kappa shape index (κ3) is 3.72. The van der Waals surface area contributed by atoms with Crippen molar-refractivity contribution >= 4 is 52.5 Å². The number of halogens is 1. The molecule has 27 heavy (non-hydrogen) atoms. The Labute approximate surface area is 167 Å². The molecule has 1 N–H and O–H groups in total. The summed E-state index contributed by atoms with van der Waals surface area (Å²) in [5, 5.41) is 3.03. The van der Waals surface area contributed by atoms with Crippen LogP contribution in [0.1, 0.15) is 16.7 Å². The van der Waals surface area contributed by atoms with Crippen LogP contribution in [0, 0.1) is 13.8 Å². The highest BCUT2D eigenvalue weighted by molar-refractivity contribution is 7.80. The first-order chi connectivity index (χ1) is 12.8. The van der Waals surface area contributed by atoms with Gasteiger partial charge in [0, 0.05) is 0 Å². The second kappa shape index (κ2) is 7.50. The topological polar surface area (TPSA) is 58.6 Å². The summed E-state index contributed by atoms with van der Waals surface area (Å²) >= 11 is 11.4. The van der Waals surface area contributed by atoms with Crippen molar-refractivity contribution in [1.29, 1.82) is 0 Å². The molecule has 0 spiro atoms.